The molecule has 0 fully saturated rings. The first-order valence-electron chi connectivity index (χ1n) is 5.65. The van der Waals surface area contributed by atoms with E-state index in [0.29, 0.717) is 29.0 Å². The molecular formula is C13H17BrClNO. The number of hydrogen-bond acceptors (Lipinski definition) is 1. The van der Waals surface area contributed by atoms with E-state index in [4.69, 9.17) is 11.6 Å². The van der Waals surface area contributed by atoms with Crippen LogP contribution in [0.2, 0.25) is 5.02 Å². The molecule has 4 heteroatoms. The highest BCUT2D eigenvalue weighted by Gasteiger charge is 2.11. The molecule has 0 saturated heterocycles. The van der Waals surface area contributed by atoms with Crippen molar-refractivity contribution in [3.05, 3.63) is 33.3 Å². The first-order valence-corrected chi connectivity index (χ1v) is 6.82. The predicted octanol–water partition coefficient (Wildman–Crippen LogP) is 4.12. The Morgan fingerprint density at radius 2 is 2.06 bits per heavy atom. The van der Waals surface area contributed by atoms with E-state index in [2.05, 4.69) is 42.0 Å². The minimum Gasteiger partial charge on any atom is -0.352 e. The molecular weight excluding hydrogens is 302 g/mol. The number of carbonyl (C=O) groups is 1. The standard InChI is InChI=1S/C13H17BrClNO/c1-8(2)9(3)7-16-13(17)10-4-5-11(14)12(15)6-10/h4-6,8-9H,7H2,1-3H3,(H,16,17). The van der Waals surface area contributed by atoms with Crippen molar-refractivity contribution in [2.75, 3.05) is 6.54 Å². The average molecular weight is 319 g/mol. The lowest BCUT2D eigenvalue weighted by molar-refractivity contribution is 0.0945. The fourth-order valence-electron chi connectivity index (χ4n) is 1.23. The maximum Gasteiger partial charge on any atom is 0.251 e. The molecule has 0 aliphatic carbocycles. The second-order valence-corrected chi connectivity index (χ2v) is 5.82. The lowest BCUT2D eigenvalue weighted by atomic mass is 9.98. The molecule has 0 spiro atoms. The Hall–Kier alpha value is -0.540. The molecule has 1 N–H and O–H groups in total. The number of carbonyl (C=O) groups excluding carboxylic acids is 1. The molecule has 1 atom stereocenters. The fraction of sp³-hybridized carbons (Fsp3) is 0.462. The van der Waals surface area contributed by atoms with Gasteiger partial charge in [0.05, 0.1) is 5.02 Å². The summed E-state index contributed by atoms with van der Waals surface area (Å²) < 4.78 is 0.797. The third-order valence-corrected chi connectivity index (χ3v) is 4.14. The maximum absolute atomic E-state index is 11.9. The van der Waals surface area contributed by atoms with Crippen LogP contribution in [0.5, 0.6) is 0 Å². The second kappa shape index (κ2) is 6.41. The van der Waals surface area contributed by atoms with Crippen LogP contribution in [0.15, 0.2) is 22.7 Å². The summed E-state index contributed by atoms with van der Waals surface area (Å²) in [5.41, 5.74) is 0.592. The van der Waals surface area contributed by atoms with Gasteiger partial charge in [-0.2, -0.15) is 0 Å². The van der Waals surface area contributed by atoms with E-state index in [-0.39, 0.29) is 5.91 Å². The average Bonchev–Trinajstić information content (AvgIpc) is 2.28. The monoisotopic (exact) mass is 317 g/mol. The minimum atomic E-state index is -0.0769. The van der Waals surface area contributed by atoms with Gasteiger partial charge in [0.1, 0.15) is 0 Å². The summed E-state index contributed by atoms with van der Waals surface area (Å²) in [6.07, 6.45) is 0. The van der Waals surface area contributed by atoms with Crippen LogP contribution in [0.25, 0.3) is 0 Å². The van der Waals surface area contributed by atoms with E-state index in [1.165, 1.54) is 0 Å². The maximum atomic E-state index is 11.9. The normalized spacial score (nSPS) is 12.6. The molecule has 1 rings (SSSR count). The highest BCUT2D eigenvalue weighted by molar-refractivity contribution is 9.10. The van der Waals surface area contributed by atoms with Crippen molar-refractivity contribution in [3.63, 3.8) is 0 Å². The van der Waals surface area contributed by atoms with E-state index in [0.717, 1.165) is 4.47 Å². The van der Waals surface area contributed by atoms with Gasteiger partial charge in [-0.25, -0.2) is 0 Å². The molecule has 0 radical (unpaired) electrons. The molecule has 0 saturated carbocycles. The van der Waals surface area contributed by atoms with Crippen molar-refractivity contribution in [2.45, 2.75) is 20.8 Å². The Bertz CT molecular complexity index is 406. The van der Waals surface area contributed by atoms with Crippen LogP contribution < -0.4 is 5.32 Å². The van der Waals surface area contributed by atoms with Crippen molar-refractivity contribution in [1.82, 2.24) is 5.32 Å². The van der Waals surface area contributed by atoms with Gasteiger partial charge in [0.15, 0.2) is 0 Å². The minimum absolute atomic E-state index is 0.0769. The Morgan fingerprint density at radius 1 is 1.41 bits per heavy atom. The third-order valence-electron chi connectivity index (χ3n) is 2.90. The van der Waals surface area contributed by atoms with Crippen molar-refractivity contribution in [3.8, 4) is 0 Å². The Labute approximate surface area is 116 Å². The molecule has 0 aliphatic heterocycles. The molecule has 17 heavy (non-hydrogen) atoms. The lowest BCUT2D eigenvalue weighted by Crippen LogP contribution is -2.30. The van der Waals surface area contributed by atoms with Crippen LogP contribution in [0.1, 0.15) is 31.1 Å². The van der Waals surface area contributed by atoms with Gasteiger partial charge >= 0.3 is 0 Å². The summed E-state index contributed by atoms with van der Waals surface area (Å²) in [5, 5.41) is 3.46. The zero-order valence-electron chi connectivity index (χ0n) is 10.3. The molecule has 1 amide bonds. The van der Waals surface area contributed by atoms with Crippen molar-refractivity contribution < 1.29 is 4.79 Å². The van der Waals surface area contributed by atoms with Gasteiger partial charge in [-0.3, -0.25) is 4.79 Å². The molecule has 0 heterocycles. The Kier molecular flexibility index (Phi) is 5.47. The van der Waals surface area contributed by atoms with Crippen LogP contribution in [-0.4, -0.2) is 12.5 Å². The summed E-state index contributed by atoms with van der Waals surface area (Å²) in [7, 11) is 0. The van der Waals surface area contributed by atoms with Gasteiger partial charge in [-0.05, 0) is 46.0 Å². The first-order chi connectivity index (χ1) is 7.91. The van der Waals surface area contributed by atoms with Crippen LogP contribution in [0.4, 0.5) is 0 Å². The number of hydrogen-bond donors (Lipinski definition) is 1. The summed E-state index contributed by atoms with van der Waals surface area (Å²) in [4.78, 5) is 11.9. The number of amides is 1. The second-order valence-electron chi connectivity index (χ2n) is 4.56. The van der Waals surface area contributed by atoms with Crippen LogP contribution >= 0.6 is 27.5 Å². The van der Waals surface area contributed by atoms with Gasteiger partial charge in [0, 0.05) is 16.6 Å². The van der Waals surface area contributed by atoms with Crippen molar-refractivity contribution in [2.24, 2.45) is 11.8 Å². The lowest BCUT2D eigenvalue weighted by Gasteiger charge is -2.16. The van der Waals surface area contributed by atoms with Gasteiger partial charge in [-0.1, -0.05) is 32.4 Å². The molecule has 0 aromatic heterocycles. The molecule has 2 nitrogen and oxygen atoms in total. The molecule has 94 valence electrons. The van der Waals surface area contributed by atoms with E-state index < -0.39 is 0 Å². The molecule has 0 bridgehead atoms. The van der Waals surface area contributed by atoms with E-state index in [9.17, 15) is 4.79 Å². The summed E-state index contributed by atoms with van der Waals surface area (Å²) in [6.45, 7) is 7.10. The molecule has 1 unspecified atom stereocenters. The third kappa shape index (κ3) is 4.32. The van der Waals surface area contributed by atoms with E-state index in [1.807, 2.05) is 0 Å². The topological polar surface area (TPSA) is 29.1 Å². The zero-order chi connectivity index (χ0) is 13.0. The van der Waals surface area contributed by atoms with Gasteiger partial charge in [-0.15, -0.1) is 0 Å². The highest BCUT2D eigenvalue weighted by atomic mass is 79.9. The molecule has 1 aromatic rings. The molecule has 0 aliphatic rings. The summed E-state index contributed by atoms with van der Waals surface area (Å²) >= 11 is 9.24. The van der Waals surface area contributed by atoms with Crippen LogP contribution in [0, 0.1) is 11.8 Å². The van der Waals surface area contributed by atoms with Gasteiger partial charge in [0.2, 0.25) is 0 Å². The molecule has 1 aromatic carbocycles. The van der Waals surface area contributed by atoms with Gasteiger partial charge < -0.3 is 5.32 Å². The van der Waals surface area contributed by atoms with Crippen LogP contribution in [0.3, 0.4) is 0 Å². The van der Waals surface area contributed by atoms with Crippen molar-refractivity contribution >= 4 is 33.4 Å². The van der Waals surface area contributed by atoms with E-state index in [1.54, 1.807) is 18.2 Å². The van der Waals surface area contributed by atoms with Crippen LogP contribution in [-0.2, 0) is 0 Å². The van der Waals surface area contributed by atoms with Crippen molar-refractivity contribution in [1.29, 1.82) is 0 Å². The number of benzene rings is 1. The summed E-state index contributed by atoms with van der Waals surface area (Å²) in [5.74, 6) is 0.945. The predicted molar refractivity (Wildman–Crippen MR) is 75.5 cm³/mol. The zero-order valence-corrected chi connectivity index (χ0v) is 12.6. The Balaban J connectivity index is 2.61. The van der Waals surface area contributed by atoms with E-state index >= 15 is 0 Å². The largest absolute Gasteiger partial charge is 0.352 e. The Morgan fingerprint density at radius 3 is 2.59 bits per heavy atom. The SMILES string of the molecule is CC(C)C(C)CNC(=O)c1ccc(Br)c(Cl)c1. The first kappa shape index (κ1) is 14.5. The smallest absolute Gasteiger partial charge is 0.251 e. The van der Waals surface area contributed by atoms with Gasteiger partial charge in [0.25, 0.3) is 5.91 Å². The highest BCUT2D eigenvalue weighted by Crippen LogP contribution is 2.23. The number of halogens is 2. The quantitative estimate of drug-likeness (QED) is 0.889. The fourth-order valence-corrected chi connectivity index (χ4v) is 1.66. The number of nitrogens with one attached hydrogen (secondary N) is 1. The summed E-state index contributed by atoms with van der Waals surface area (Å²) in [6, 6.07) is 5.20. The number of rotatable bonds is 4.